The maximum atomic E-state index is 14.6. The van der Waals surface area contributed by atoms with E-state index >= 15 is 0 Å². The van der Waals surface area contributed by atoms with Crippen LogP contribution in [0.5, 0.6) is 0 Å². The minimum Gasteiger partial charge on any atom is -0.380 e. The Labute approximate surface area is 173 Å². The topological polar surface area (TPSA) is 61.9 Å². The summed E-state index contributed by atoms with van der Waals surface area (Å²) in [5.41, 5.74) is 0. The summed E-state index contributed by atoms with van der Waals surface area (Å²) in [6, 6.07) is -0.756. The lowest BCUT2D eigenvalue weighted by Crippen LogP contribution is -2.70. The van der Waals surface area contributed by atoms with E-state index in [0.29, 0.717) is 26.2 Å². The molecule has 2 amide bonds. The zero-order valence-electron chi connectivity index (χ0n) is 16.1. The van der Waals surface area contributed by atoms with Crippen molar-refractivity contribution in [3.63, 3.8) is 0 Å². The van der Waals surface area contributed by atoms with E-state index in [9.17, 15) is 22.8 Å². The van der Waals surface area contributed by atoms with E-state index in [1.54, 1.807) is 0 Å². The first-order valence-electron chi connectivity index (χ1n) is 10.3. The first kappa shape index (κ1) is 21.2. The van der Waals surface area contributed by atoms with Gasteiger partial charge in [0, 0.05) is 24.4 Å². The number of carbonyl (C=O) groups is 2. The van der Waals surface area contributed by atoms with Crippen molar-refractivity contribution >= 4 is 23.4 Å². The molecule has 3 heterocycles. The van der Waals surface area contributed by atoms with Crippen molar-refractivity contribution in [2.75, 3.05) is 32.8 Å². The highest BCUT2D eigenvalue weighted by Crippen LogP contribution is 2.33. The summed E-state index contributed by atoms with van der Waals surface area (Å²) in [6.45, 7) is 1.03. The van der Waals surface area contributed by atoms with E-state index < -0.39 is 30.7 Å². The minimum absolute atomic E-state index is 0.0462. The molecule has 1 saturated carbocycles. The third-order valence-electron chi connectivity index (χ3n) is 6.57. The van der Waals surface area contributed by atoms with E-state index in [2.05, 4.69) is 5.32 Å². The summed E-state index contributed by atoms with van der Waals surface area (Å²) in [7, 11) is 0. The lowest BCUT2D eigenvalue weighted by Gasteiger charge is -2.50. The van der Waals surface area contributed by atoms with E-state index in [-0.39, 0.29) is 61.4 Å². The van der Waals surface area contributed by atoms with Crippen molar-refractivity contribution in [1.29, 1.82) is 0 Å². The number of hydrogen-bond donors (Lipinski definition) is 1. The number of amides is 2. The molecule has 6 nitrogen and oxygen atoms in total. The van der Waals surface area contributed by atoms with E-state index in [1.165, 1.54) is 9.80 Å². The molecule has 7 unspecified atom stereocenters. The smallest absolute Gasteiger partial charge is 0.247 e. The second-order valence-electron chi connectivity index (χ2n) is 8.67. The molecular formula is C19H27ClF3N3O3. The molecule has 4 fully saturated rings. The molecule has 29 heavy (non-hydrogen) atoms. The van der Waals surface area contributed by atoms with Gasteiger partial charge in [-0.1, -0.05) is 0 Å². The van der Waals surface area contributed by atoms with Crippen LogP contribution in [0.25, 0.3) is 0 Å². The average molecular weight is 438 g/mol. The normalized spacial score (nSPS) is 42.1. The minimum atomic E-state index is -1.53. The van der Waals surface area contributed by atoms with Crippen LogP contribution in [0.1, 0.15) is 25.7 Å². The van der Waals surface area contributed by atoms with Gasteiger partial charge in [-0.25, -0.2) is 13.2 Å². The summed E-state index contributed by atoms with van der Waals surface area (Å²) in [4.78, 5) is 29.1. The lowest BCUT2D eigenvalue weighted by molar-refractivity contribution is -0.173. The number of halogens is 4. The fraction of sp³-hybridized carbons (Fsp3) is 0.895. The Morgan fingerprint density at radius 2 is 1.83 bits per heavy atom. The van der Waals surface area contributed by atoms with Crippen LogP contribution < -0.4 is 5.32 Å². The predicted octanol–water partition coefficient (Wildman–Crippen LogP) is 1.41. The number of rotatable bonds is 4. The number of nitrogens with zero attached hydrogens (tertiary/aromatic N) is 2. The summed E-state index contributed by atoms with van der Waals surface area (Å²) >= 11 is 5.99. The number of nitrogens with one attached hydrogen (secondary N) is 1. The Bertz CT molecular complexity index is 641. The molecule has 164 valence electrons. The molecule has 1 aliphatic carbocycles. The second kappa shape index (κ2) is 8.59. The van der Waals surface area contributed by atoms with Gasteiger partial charge in [-0.2, -0.15) is 0 Å². The molecule has 7 atom stereocenters. The van der Waals surface area contributed by atoms with Gasteiger partial charge in [-0.3, -0.25) is 14.9 Å². The summed E-state index contributed by atoms with van der Waals surface area (Å²) < 4.78 is 47.1. The molecule has 1 N–H and O–H groups in total. The predicted molar refractivity (Wildman–Crippen MR) is 99.6 cm³/mol. The largest absolute Gasteiger partial charge is 0.380 e. The number of alkyl halides is 4. The fourth-order valence-electron chi connectivity index (χ4n) is 4.86. The van der Waals surface area contributed by atoms with Crippen molar-refractivity contribution in [1.82, 2.24) is 15.1 Å². The maximum Gasteiger partial charge on any atom is 0.247 e. The van der Waals surface area contributed by atoms with Crippen LogP contribution in [-0.2, 0) is 14.3 Å². The molecule has 3 saturated heterocycles. The standard InChI is InChI=1S/C19H27ClF3N3O3/c20-12-4-15(23)18(24-5-12)26-7-16(27)25(17(19(26)28)11-8-29-9-11)6-10-1-2-13(21)14(22)3-10/h10-15,17-18,24H,1-9H2. The number of ether oxygens (including phenoxy) is 1. The zero-order chi connectivity index (χ0) is 20.7. The summed E-state index contributed by atoms with van der Waals surface area (Å²) in [6.07, 6.45) is -4.48. The van der Waals surface area contributed by atoms with Gasteiger partial charge in [-0.05, 0) is 31.6 Å². The van der Waals surface area contributed by atoms with E-state index in [1.807, 2.05) is 0 Å². The Hall–Kier alpha value is -1.06. The third-order valence-corrected chi connectivity index (χ3v) is 6.91. The molecule has 0 spiro atoms. The highest BCUT2D eigenvalue weighted by Gasteiger charge is 2.50. The second-order valence-corrected chi connectivity index (χ2v) is 9.28. The van der Waals surface area contributed by atoms with Gasteiger partial charge in [0.2, 0.25) is 11.8 Å². The van der Waals surface area contributed by atoms with Crippen molar-refractivity contribution in [2.24, 2.45) is 11.8 Å². The molecule has 0 bridgehead atoms. The van der Waals surface area contributed by atoms with Crippen LogP contribution >= 0.6 is 11.6 Å². The SMILES string of the molecule is O=C1C(C2COC2)N(CC2CCC(F)C(F)C2)C(=O)CN1C1NCC(Cl)CC1F. The molecule has 10 heteroatoms. The van der Waals surface area contributed by atoms with Gasteiger partial charge in [0.15, 0.2) is 0 Å². The van der Waals surface area contributed by atoms with Gasteiger partial charge in [0.25, 0.3) is 0 Å². The highest BCUT2D eigenvalue weighted by molar-refractivity contribution is 6.20. The molecule has 3 aliphatic heterocycles. The van der Waals surface area contributed by atoms with Crippen LogP contribution in [0.15, 0.2) is 0 Å². The summed E-state index contributed by atoms with van der Waals surface area (Å²) in [5.74, 6) is -0.971. The molecule has 4 aliphatic rings. The number of hydrogen-bond acceptors (Lipinski definition) is 4. The average Bonchev–Trinajstić information content (AvgIpc) is 2.62. The van der Waals surface area contributed by atoms with Crippen LogP contribution in [0, 0.1) is 11.8 Å². The van der Waals surface area contributed by atoms with Gasteiger partial charge >= 0.3 is 0 Å². The maximum absolute atomic E-state index is 14.6. The van der Waals surface area contributed by atoms with Crippen LogP contribution in [-0.4, -0.2) is 90.6 Å². The van der Waals surface area contributed by atoms with Crippen LogP contribution in [0.4, 0.5) is 13.2 Å². The zero-order valence-corrected chi connectivity index (χ0v) is 16.9. The Balaban J connectivity index is 1.50. The van der Waals surface area contributed by atoms with Crippen LogP contribution in [0.3, 0.4) is 0 Å². The Morgan fingerprint density at radius 3 is 2.45 bits per heavy atom. The van der Waals surface area contributed by atoms with E-state index in [4.69, 9.17) is 16.3 Å². The van der Waals surface area contributed by atoms with Gasteiger partial charge in [-0.15, -0.1) is 11.6 Å². The Kier molecular flexibility index (Phi) is 6.27. The Morgan fingerprint density at radius 1 is 1.07 bits per heavy atom. The fourth-order valence-corrected chi connectivity index (χ4v) is 5.12. The molecule has 0 aromatic heterocycles. The molecule has 0 radical (unpaired) electrons. The van der Waals surface area contributed by atoms with Crippen molar-refractivity contribution in [3.8, 4) is 0 Å². The molecule has 0 aromatic rings. The quantitative estimate of drug-likeness (QED) is 0.676. The van der Waals surface area contributed by atoms with Gasteiger partial charge in [0.1, 0.15) is 37.3 Å². The number of piperazine rings is 1. The number of carbonyl (C=O) groups excluding carboxylic acids is 2. The highest BCUT2D eigenvalue weighted by atomic mass is 35.5. The monoisotopic (exact) mass is 437 g/mol. The van der Waals surface area contributed by atoms with E-state index in [0.717, 1.165) is 0 Å². The van der Waals surface area contributed by atoms with Crippen LogP contribution in [0.2, 0.25) is 0 Å². The molecule has 0 aromatic carbocycles. The number of piperidine rings is 1. The lowest BCUT2D eigenvalue weighted by atomic mass is 9.84. The van der Waals surface area contributed by atoms with Crippen molar-refractivity contribution in [3.05, 3.63) is 0 Å². The van der Waals surface area contributed by atoms with Crippen molar-refractivity contribution in [2.45, 2.75) is 61.8 Å². The summed E-state index contributed by atoms with van der Waals surface area (Å²) in [5, 5.41) is 2.59. The van der Waals surface area contributed by atoms with Gasteiger partial charge in [0.05, 0.1) is 13.2 Å². The molecule has 4 rings (SSSR count). The first-order chi connectivity index (χ1) is 13.8. The van der Waals surface area contributed by atoms with Crippen molar-refractivity contribution < 1.29 is 27.5 Å². The van der Waals surface area contributed by atoms with Gasteiger partial charge < -0.3 is 14.5 Å². The molecular weight excluding hydrogens is 411 g/mol. The third kappa shape index (κ3) is 4.23. The first-order valence-corrected chi connectivity index (χ1v) is 10.8.